The van der Waals surface area contributed by atoms with Crippen LogP contribution in [0, 0.1) is 0 Å². The largest absolute Gasteiger partial charge is 0.370 e. The van der Waals surface area contributed by atoms with Crippen LogP contribution in [0.3, 0.4) is 0 Å². The summed E-state index contributed by atoms with van der Waals surface area (Å²) < 4.78 is 30.4. The highest BCUT2D eigenvalue weighted by Crippen LogP contribution is 2.33. The van der Waals surface area contributed by atoms with Crippen LogP contribution in [-0.2, 0) is 26.2 Å². The summed E-state index contributed by atoms with van der Waals surface area (Å²) in [6.45, 7) is 1.89. The summed E-state index contributed by atoms with van der Waals surface area (Å²) >= 11 is 7.96. The average molecular weight is 715 g/mol. The van der Waals surface area contributed by atoms with Gasteiger partial charge in [0.15, 0.2) is 18.0 Å². The molecule has 0 fully saturated rings. The van der Waals surface area contributed by atoms with Crippen LogP contribution in [0.1, 0.15) is 11.1 Å². The van der Waals surface area contributed by atoms with Gasteiger partial charge in [0.05, 0.1) is 4.90 Å². The molecule has 6 rings (SSSR count). The van der Waals surface area contributed by atoms with Gasteiger partial charge >= 0.3 is 0 Å². The Morgan fingerprint density at radius 3 is 2.21 bits per heavy atom. The molecule has 1 N–H and O–H groups in total. The van der Waals surface area contributed by atoms with Crippen molar-refractivity contribution in [1.29, 1.82) is 0 Å². The maximum atomic E-state index is 10.6. The molecule has 0 atom stereocenters. The first-order valence-electron chi connectivity index (χ1n) is 11.7. The average Bonchev–Trinajstić information content (AvgIpc) is 3.56. The number of halogens is 3. The fourth-order valence-electron chi connectivity index (χ4n) is 3.58. The maximum Gasteiger partial charge on any atom is 0.261 e. The number of hydrogen-bond acceptors (Lipinski definition) is 9. The molecular weight excluding hydrogens is 692 g/mol. The fraction of sp³-hybridized carbons (Fsp3) is 0.154. The van der Waals surface area contributed by atoms with Crippen molar-refractivity contribution in [2.45, 2.75) is 17.7 Å². The number of rotatable bonds is 5. The van der Waals surface area contributed by atoms with Crippen LogP contribution in [0.4, 0.5) is 11.6 Å². The van der Waals surface area contributed by atoms with Gasteiger partial charge < -0.3 is 10.2 Å². The summed E-state index contributed by atoms with van der Waals surface area (Å²) in [5.41, 5.74) is 2.53. The van der Waals surface area contributed by atoms with Crippen LogP contribution < -0.4 is 14.5 Å². The Morgan fingerprint density at radius 1 is 0.897 bits per heavy atom. The van der Waals surface area contributed by atoms with E-state index < -0.39 is 9.05 Å². The lowest BCUT2D eigenvalue weighted by Gasteiger charge is -2.14. The predicted octanol–water partition coefficient (Wildman–Crippen LogP) is 7.21. The number of nitrogens with zero attached hydrogens (tertiary/aromatic N) is 3. The molecule has 2 aliphatic heterocycles. The maximum absolute atomic E-state index is 10.6. The minimum absolute atomic E-state index is 0.136. The van der Waals surface area contributed by atoms with Gasteiger partial charge in [-0.3, -0.25) is 4.31 Å². The summed E-state index contributed by atoms with van der Waals surface area (Å²) in [6, 6.07) is 21.5. The second-order valence-electron chi connectivity index (χ2n) is 8.12. The van der Waals surface area contributed by atoms with Crippen LogP contribution in [0.25, 0.3) is 0 Å². The number of pyridine rings is 2. The lowest BCUT2D eigenvalue weighted by molar-refractivity contribution is -0.0779. The lowest BCUT2D eigenvalue weighted by Crippen LogP contribution is -2.12. The quantitative estimate of drug-likeness (QED) is 0.0757. The fourth-order valence-corrected chi connectivity index (χ4v) is 5.71. The number of aromatic nitrogens is 2. The van der Waals surface area contributed by atoms with E-state index in [1.165, 1.54) is 23.3 Å². The van der Waals surface area contributed by atoms with Gasteiger partial charge in [-0.25, -0.2) is 18.4 Å². The second-order valence-corrected chi connectivity index (χ2v) is 13.2. The molecular formula is C26H23Br2ClN4O4S2. The summed E-state index contributed by atoms with van der Waals surface area (Å²) in [5, 5.41) is 3.20. The predicted molar refractivity (Wildman–Crippen MR) is 162 cm³/mol. The number of fused-ring (bicyclic) bond motifs is 2. The van der Waals surface area contributed by atoms with Crippen molar-refractivity contribution in [3.63, 3.8) is 0 Å². The number of anilines is 2. The minimum Gasteiger partial charge on any atom is -0.370 e. The zero-order valence-electron chi connectivity index (χ0n) is 20.3. The molecule has 39 heavy (non-hydrogen) atoms. The molecule has 0 saturated carbocycles. The molecule has 0 saturated heterocycles. The third kappa shape index (κ3) is 9.09. The molecule has 4 heterocycles. The van der Waals surface area contributed by atoms with Crippen molar-refractivity contribution in [2.24, 2.45) is 0 Å². The molecule has 0 bridgehead atoms. The molecule has 0 amide bonds. The molecule has 2 aromatic heterocycles. The van der Waals surface area contributed by atoms with Gasteiger partial charge in [0.25, 0.3) is 9.05 Å². The number of hydrogen-bond donors (Lipinski definition) is 1. The highest BCUT2D eigenvalue weighted by Gasteiger charge is 2.22. The van der Waals surface area contributed by atoms with Gasteiger partial charge in [-0.15, -0.1) is 0 Å². The molecule has 204 valence electrons. The van der Waals surface area contributed by atoms with Crippen molar-refractivity contribution in [2.75, 3.05) is 22.7 Å². The standard InChI is InChI=1S/C13H11BrN2O2S.C7H7BrN2.C6H5ClO2S/c14-11-8-10-6-7-16(13(10)15-9-11)19-18-17-12-4-2-1-3-5-12;8-6-3-5-1-2-9-7(5)10-4-6;7-10(8,9)6-4-2-1-3-5-6/h1-5,8-9H,6-7H2;3-4H,1-2H2,(H,9,10);1-5H. The van der Waals surface area contributed by atoms with Crippen molar-refractivity contribution in [3.05, 3.63) is 105 Å². The topological polar surface area (TPSA) is 93.7 Å². The highest BCUT2D eigenvalue weighted by atomic mass is 79.9. The van der Waals surface area contributed by atoms with E-state index in [4.69, 9.17) is 19.9 Å². The minimum atomic E-state index is -3.53. The van der Waals surface area contributed by atoms with E-state index in [0.29, 0.717) is 5.75 Å². The highest BCUT2D eigenvalue weighted by molar-refractivity contribution is 9.10. The van der Waals surface area contributed by atoms with Gasteiger partial charge in [0.1, 0.15) is 11.6 Å². The Hall–Kier alpha value is -2.35. The van der Waals surface area contributed by atoms with Crippen LogP contribution in [0.15, 0.2) is 99.0 Å². The first-order chi connectivity index (χ1) is 18.8. The van der Waals surface area contributed by atoms with Gasteiger partial charge in [-0.1, -0.05) is 40.7 Å². The second kappa shape index (κ2) is 14.3. The van der Waals surface area contributed by atoms with Crippen LogP contribution in [-0.4, -0.2) is 31.5 Å². The molecule has 0 aliphatic carbocycles. The Bertz CT molecular complexity index is 1490. The lowest BCUT2D eigenvalue weighted by atomic mass is 10.2. The monoisotopic (exact) mass is 712 g/mol. The van der Waals surface area contributed by atoms with Crippen LogP contribution in [0.2, 0.25) is 0 Å². The summed E-state index contributed by atoms with van der Waals surface area (Å²) in [7, 11) is 1.50. The van der Waals surface area contributed by atoms with E-state index in [-0.39, 0.29) is 4.90 Å². The molecule has 0 spiro atoms. The number of benzene rings is 2. The molecule has 0 unspecified atom stereocenters. The first kappa shape index (κ1) is 29.6. The zero-order valence-corrected chi connectivity index (χ0v) is 25.9. The van der Waals surface area contributed by atoms with Crippen molar-refractivity contribution in [1.82, 2.24) is 9.97 Å². The van der Waals surface area contributed by atoms with Gasteiger partial charge in [0.2, 0.25) is 0 Å². The smallest absolute Gasteiger partial charge is 0.261 e. The zero-order chi connectivity index (χ0) is 27.7. The third-order valence-corrected chi connectivity index (χ3v) is 8.27. The van der Waals surface area contributed by atoms with E-state index in [2.05, 4.69) is 59.3 Å². The SMILES string of the molecule is Brc1cnc2c(c1)CCN2.Brc1cnc2c(c1)CCN2SOOc1ccccc1.O=S(=O)(Cl)c1ccccc1. The number of nitrogens with one attached hydrogen (secondary N) is 1. The Balaban J connectivity index is 0.000000149. The number of para-hydroxylation sites is 1. The van der Waals surface area contributed by atoms with Crippen molar-refractivity contribution < 1.29 is 17.6 Å². The molecule has 0 radical (unpaired) electrons. The first-order valence-corrected chi connectivity index (χ1v) is 16.3. The molecule has 4 aromatic rings. The molecule has 2 aliphatic rings. The Labute approximate surface area is 253 Å². The molecule has 2 aromatic carbocycles. The van der Waals surface area contributed by atoms with E-state index in [0.717, 1.165) is 58.7 Å². The molecule has 13 heteroatoms. The van der Waals surface area contributed by atoms with Crippen LogP contribution in [0.5, 0.6) is 5.75 Å². The summed E-state index contributed by atoms with van der Waals surface area (Å²) in [5.74, 6) is 2.66. The van der Waals surface area contributed by atoms with E-state index in [1.807, 2.05) is 40.8 Å². The Kier molecular flexibility index (Phi) is 10.9. The Morgan fingerprint density at radius 2 is 1.54 bits per heavy atom. The van der Waals surface area contributed by atoms with Gasteiger partial charge in [-0.2, -0.15) is 0 Å². The third-order valence-electron chi connectivity index (χ3n) is 5.37. The van der Waals surface area contributed by atoms with Crippen molar-refractivity contribution >= 4 is 75.5 Å². The summed E-state index contributed by atoms with van der Waals surface area (Å²) in [6.07, 6.45) is 5.66. The van der Waals surface area contributed by atoms with Crippen molar-refractivity contribution in [3.8, 4) is 5.75 Å². The van der Waals surface area contributed by atoms with Gasteiger partial charge in [0, 0.05) is 45.1 Å². The van der Waals surface area contributed by atoms with E-state index in [1.54, 1.807) is 24.4 Å². The normalized spacial score (nSPS) is 13.2. The summed E-state index contributed by atoms with van der Waals surface area (Å²) in [4.78, 5) is 13.9. The van der Waals surface area contributed by atoms with E-state index in [9.17, 15) is 8.42 Å². The van der Waals surface area contributed by atoms with Gasteiger partial charge in [-0.05, 0) is 92.2 Å². The molecule has 8 nitrogen and oxygen atoms in total. The van der Waals surface area contributed by atoms with Crippen LogP contribution >= 0.6 is 54.8 Å². The van der Waals surface area contributed by atoms with E-state index >= 15 is 0 Å².